The Bertz CT molecular complexity index is 537. The van der Waals surface area contributed by atoms with Crippen molar-refractivity contribution in [2.75, 3.05) is 0 Å². The van der Waals surface area contributed by atoms with Crippen molar-refractivity contribution in [3.05, 3.63) is 71.5 Å². The van der Waals surface area contributed by atoms with E-state index in [2.05, 4.69) is 0 Å². The Morgan fingerprint density at radius 3 is 2.47 bits per heavy atom. The van der Waals surface area contributed by atoms with Gasteiger partial charge in [-0.05, 0) is 29.7 Å². The molecule has 0 unspecified atom stereocenters. The van der Waals surface area contributed by atoms with Crippen molar-refractivity contribution in [3.8, 4) is 0 Å². The normalized spacial score (nSPS) is 10.2. The molecule has 2 nitrogen and oxygen atoms in total. The van der Waals surface area contributed by atoms with Gasteiger partial charge in [-0.3, -0.25) is 4.79 Å². The second kappa shape index (κ2) is 6.69. The summed E-state index contributed by atoms with van der Waals surface area (Å²) in [4.78, 5) is 11.6. The van der Waals surface area contributed by atoms with Crippen molar-refractivity contribution in [1.29, 1.82) is 0 Å². The quantitative estimate of drug-likeness (QED) is 0.767. The number of carbonyl (C=O) groups excluding carboxylic acids is 1. The number of carbonyl (C=O) groups is 1. The Labute approximate surface area is 111 Å². The highest BCUT2D eigenvalue weighted by Gasteiger charge is 2.04. The molecule has 2 aromatic rings. The molecule has 2 rings (SSSR count). The highest BCUT2D eigenvalue weighted by atomic mass is 19.1. The summed E-state index contributed by atoms with van der Waals surface area (Å²) >= 11 is 0. The van der Waals surface area contributed by atoms with E-state index in [9.17, 15) is 9.18 Å². The van der Waals surface area contributed by atoms with Gasteiger partial charge >= 0.3 is 5.97 Å². The van der Waals surface area contributed by atoms with E-state index in [4.69, 9.17) is 4.74 Å². The van der Waals surface area contributed by atoms with Crippen LogP contribution in [-0.4, -0.2) is 5.97 Å². The van der Waals surface area contributed by atoms with Crippen LogP contribution in [0.2, 0.25) is 0 Å². The fraction of sp³-hybridized carbons (Fsp3) is 0.188. The van der Waals surface area contributed by atoms with E-state index in [0.717, 1.165) is 11.1 Å². The van der Waals surface area contributed by atoms with Crippen molar-refractivity contribution in [2.24, 2.45) is 0 Å². The molecule has 0 N–H and O–H groups in total. The van der Waals surface area contributed by atoms with Gasteiger partial charge in [-0.1, -0.05) is 42.5 Å². The minimum Gasteiger partial charge on any atom is -0.461 e. The molecule has 0 aliphatic carbocycles. The van der Waals surface area contributed by atoms with Crippen molar-refractivity contribution >= 4 is 5.97 Å². The van der Waals surface area contributed by atoms with Gasteiger partial charge in [0, 0.05) is 6.42 Å². The molecule has 0 aliphatic heterocycles. The molecular weight excluding hydrogens is 243 g/mol. The molecular formula is C16H15FO2. The lowest BCUT2D eigenvalue weighted by molar-refractivity contribution is -0.144. The summed E-state index contributed by atoms with van der Waals surface area (Å²) in [6, 6.07) is 15.8. The maximum absolute atomic E-state index is 12.9. The van der Waals surface area contributed by atoms with Gasteiger partial charge in [0.2, 0.25) is 0 Å². The molecule has 0 atom stereocenters. The first-order chi connectivity index (χ1) is 9.24. The monoisotopic (exact) mass is 258 g/mol. The predicted octanol–water partition coefficient (Wildman–Crippen LogP) is 3.50. The minimum atomic E-state index is -0.282. The fourth-order valence-corrected chi connectivity index (χ4v) is 1.75. The topological polar surface area (TPSA) is 26.3 Å². The zero-order valence-electron chi connectivity index (χ0n) is 10.5. The van der Waals surface area contributed by atoms with E-state index in [1.165, 1.54) is 12.1 Å². The van der Waals surface area contributed by atoms with Crippen molar-refractivity contribution in [1.82, 2.24) is 0 Å². The third-order valence-electron chi connectivity index (χ3n) is 2.75. The van der Waals surface area contributed by atoms with E-state index >= 15 is 0 Å². The summed E-state index contributed by atoms with van der Waals surface area (Å²) in [7, 11) is 0. The van der Waals surface area contributed by atoms with Gasteiger partial charge in [0.15, 0.2) is 0 Å². The molecule has 19 heavy (non-hydrogen) atoms. The van der Waals surface area contributed by atoms with Crippen molar-refractivity contribution < 1.29 is 13.9 Å². The Kier molecular flexibility index (Phi) is 4.67. The van der Waals surface area contributed by atoms with Crippen LogP contribution in [0.1, 0.15) is 17.5 Å². The van der Waals surface area contributed by atoms with Gasteiger partial charge in [0.05, 0.1) is 0 Å². The lowest BCUT2D eigenvalue weighted by Crippen LogP contribution is -2.06. The molecule has 0 bridgehead atoms. The average Bonchev–Trinajstić information content (AvgIpc) is 2.44. The Morgan fingerprint density at radius 1 is 1.00 bits per heavy atom. The molecule has 0 amide bonds. The maximum Gasteiger partial charge on any atom is 0.306 e. The lowest BCUT2D eigenvalue weighted by Gasteiger charge is -2.05. The van der Waals surface area contributed by atoms with Crippen LogP contribution in [-0.2, 0) is 22.6 Å². The molecule has 3 heteroatoms. The number of halogens is 1. The Morgan fingerprint density at radius 2 is 1.74 bits per heavy atom. The number of rotatable bonds is 5. The van der Waals surface area contributed by atoms with E-state index in [0.29, 0.717) is 6.42 Å². The van der Waals surface area contributed by atoms with Crippen LogP contribution >= 0.6 is 0 Å². The second-order valence-corrected chi connectivity index (χ2v) is 4.28. The Balaban J connectivity index is 1.76. The minimum absolute atomic E-state index is 0.260. The largest absolute Gasteiger partial charge is 0.461 e. The third kappa shape index (κ3) is 4.54. The van der Waals surface area contributed by atoms with E-state index in [-0.39, 0.29) is 24.8 Å². The van der Waals surface area contributed by atoms with E-state index < -0.39 is 0 Å². The summed E-state index contributed by atoms with van der Waals surface area (Å²) in [6.45, 7) is 0.281. The maximum atomic E-state index is 12.9. The lowest BCUT2D eigenvalue weighted by atomic mass is 10.1. The van der Waals surface area contributed by atoms with Gasteiger partial charge in [0.1, 0.15) is 12.4 Å². The first-order valence-corrected chi connectivity index (χ1v) is 6.18. The molecule has 0 aliphatic rings. The molecule has 0 fully saturated rings. The zero-order chi connectivity index (χ0) is 13.5. The van der Waals surface area contributed by atoms with Crippen LogP contribution < -0.4 is 0 Å². The smallest absolute Gasteiger partial charge is 0.306 e. The van der Waals surface area contributed by atoms with Crippen LogP contribution in [0.3, 0.4) is 0 Å². The van der Waals surface area contributed by atoms with Crippen LogP contribution in [0.4, 0.5) is 4.39 Å². The van der Waals surface area contributed by atoms with Crippen molar-refractivity contribution in [2.45, 2.75) is 19.4 Å². The second-order valence-electron chi connectivity index (χ2n) is 4.28. The summed E-state index contributed by atoms with van der Waals surface area (Å²) in [5.41, 5.74) is 1.76. The summed E-state index contributed by atoms with van der Waals surface area (Å²) < 4.78 is 18.1. The summed E-state index contributed by atoms with van der Waals surface area (Å²) in [6.07, 6.45) is 0.752. The molecule has 0 saturated heterocycles. The standard InChI is InChI=1S/C16H15FO2/c17-15-8-4-7-13(11-15)9-10-16(18)19-12-14-5-2-1-3-6-14/h1-8,11H,9-10,12H2. The number of ether oxygens (including phenoxy) is 1. The van der Waals surface area contributed by atoms with Crippen LogP contribution in [0.15, 0.2) is 54.6 Å². The molecule has 0 spiro atoms. The first-order valence-electron chi connectivity index (χ1n) is 6.18. The number of aryl methyl sites for hydroxylation is 1. The zero-order valence-corrected chi connectivity index (χ0v) is 10.5. The molecule has 0 heterocycles. The van der Waals surface area contributed by atoms with Crippen LogP contribution in [0.5, 0.6) is 0 Å². The van der Waals surface area contributed by atoms with Gasteiger partial charge in [-0.15, -0.1) is 0 Å². The average molecular weight is 258 g/mol. The van der Waals surface area contributed by atoms with Crippen LogP contribution in [0, 0.1) is 5.82 Å². The SMILES string of the molecule is O=C(CCc1cccc(F)c1)OCc1ccccc1. The molecule has 98 valence electrons. The van der Waals surface area contributed by atoms with Gasteiger partial charge in [-0.2, -0.15) is 0 Å². The van der Waals surface area contributed by atoms with E-state index in [1.54, 1.807) is 12.1 Å². The first kappa shape index (κ1) is 13.3. The molecule has 0 radical (unpaired) electrons. The van der Waals surface area contributed by atoms with Gasteiger partial charge in [-0.25, -0.2) is 4.39 Å². The third-order valence-corrected chi connectivity index (χ3v) is 2.75. The Hall–Kier alpha value is -2.16. The number of hydrogen-bond donors (Lipinski definition) is 0. The number of benzene rings is 2. The number of hydrogen-bond acceptors (Lipinski definition) is 2. The molecule has 0 aromatic heterocycles. The summed E-state index contributed by atoms with van der Waals surface area (Å²) in [5, 5.41) is 0. The van der Waals surface area contributed by atoms with E-state index in [1.807, 2.05) is 30.3 Å². The van der Waals surface area contributed by atoms with Crippen LogP contribution in [0.25, 0.3) is 0 Å². The number of esters is 1. The highest BCUT2D eigenvalue weighted by molar-refractivity contribution is 5.69. The molecule has 0 saturated carbocycles. The van der Waals surface area contributed by atoms with Gasteiger partial charge < -0.3 is 4.74 Å². The molecule has 2 aromatic carbocycles. The van der Waals surface area contributed by atoms with Gasteiger partial charge in [0.25, 0.3) is 0 Å². The van der Waals surface area contributed by atoms with Crippen molar-refractivity contribution in [3.63, 3.8) is 0 Å². The summed E-state index contributed by atoms with van der Waals surface area (Å²) in [5.74, 6) is -0.553. The predicted molar refractivity (Wildman–Crippen MR) is 71.0 cm³/mol. The highest BCUT2D eigenvalue weighted by Crippen LogP contribution is 2.08. The fourth-order valence-electron chi connectivity index (χ4n) is 1.75.